The quantitative estimate of drug-likeness (QED) is 0.777. The van der Waals surface area contributed by atoms with E-state index in [1.165, 1.54) is 0 Å². The molecule has 1 aromatic carbocycles. The molecule has 7 nitrogen and oxygen atoms in total. The zero-order chi connectivity index (χ0) is 19.6. The number of hydrogen-bond donors (Lipinski definition) is 0. The predicted molar refractivity (Wildman–Crippen MR) is 102 cm³/mol. The van der Waals surface area contributed by atoms with Crippen molar-refractivity contribution in [1.82, 2.24) is 14.7 Å². The number of likely N-dealkylation sites (N-methyl/N-ethyl adjacent to an activating group) is 1. The van der Waals surface area contributed by atoms with Crippen LogP contribution in [-0.4, -0.2) is 87.0 Å². The van der Waals surface area contributed by atoms with E-state index in [1.54, 1.807) is 45.3 Å². The lowest BCUT2D eigenvalue weighted by molar-refractivity contribution is -0.129. The molecule has 0 unspecified atom stereocenters. The summed E-state index contributed by atoms with van der Waals surface area (Å²) in [7, 11) is 6.68. The van der Waals surface area contributed by atoms with Crippen LogP contribution in [0.25, 0.3) is 0 Å². The highest BCUT2D eigenvalue weighted by Gasteiger charge is 2.38. The first kappa shape index (κ1) is 19.5. The molecule has 0 saturated carbocycles. The summed E-state index contributed by atoms with van der Waals surface area (Å²) in [4.78, 5) is 31.2. The topological polar surface area (TPSA) is 62.3 Å². The number of rotatable bonds is 5. The van der Waals surface area contributed by atoms with Crippen molar-refractivity contribution in [1.29, 1.82) is 0 Å². The van der Waals surface area contributed by atoms with Gasteiger partial charge in [0, 0.05) is 39.8 Å². The summed E-state index contributed by atoms with van der Waals surface area (Å²) in [5, 5.41) is 0. The molecule has 2 amide bonds. The maximum Gasteiger partial charge on any atom is 0.258 e. The molecule has 4 rings (SSSR count). The Morgan fingerprint density at radius 2 is 1.89 bits per heavy atom. The molecule has 27 heavy (non-hydrogen) atoms. The third-order valence-corrected chi connectivity index (χ3v) is 5.54. The SMILES string of the molecule is COc1cccc(C(=O)N2C[C@@H]3CC[C@H]2CN(CC(=O)N(C)C)C3)c1OC. The lowest BCUT2D eigenvalue weighted by atomic mass is 9.94. The second kappa shape index (κ2) is 8.17. The van der Waals surface area contributed by atoms with Crippen molar-refractivity contribution < 1.29 is 19.1 Å². The van der Waals surface area contributed by atoms with E-state index in [-0.39, 0.29) is 17.9 Å². The van der Waals surface area contributed by atoms with Gasteiger partial charge < -0.3 is 19.3 Å². The molecular weight excluding hydrogens is 346 g/mol. The van der Waals surface area contributed by atoms with E-state index in [2.05, 4.69) is 4.90 Å². The lowest BCUT2D eigenvalue weighted by Crippen LogP contribution is -2.48. The van der Waals surface area contributed by atoms with Crippen LogP contribution < -0.4 is 9.47 Å². The monoisotopic (exact) mass is 375 g/mol. The van der Waals surface area contributed by atoms with Gasteiger partial charge in [0.25, 0.3) is 5.91 Å². The van der Waals surface area contributed by atoms with Gasteiger partial charge in [0.15, 0.2) is 11.5 Å². The third kappa shape index (κ3) is 4.03. The highest BCUT2D eigenvalue weighted by molar-refractivity contribution is 5.98. The zero-order valence-corrected chi connectivity index (χ0v) is 16.6. The molecule has 0 spiro atoms. The van der Waals surface area contributed by atoms with Gasteiger partial charge in [0.1, 0.15) is 0 Å². The van der Waals surface area contributed by atoms with Gasteiger partial charge in [0.05, 0.1) is 26.3 Å². The molecular formula is C20H29N3O4. The van der Waals surface area contributed by atoms with Crippen LogP contribution in [0.1, 0.15) is 23.2 Å². The summed E-state index contributed by atoms with van der Waals surface area (Å²) in [5.41, 5.74) is 0.528. The first-order chi connectivity index (χ1) is 12.9. The number of piperidine rings is 1. The van der Waals surface area contributed by atoms with Gasteiger partial charge in [-0.15, -0.1) is 0 Å². The van der Waals surface area contributed by atoms with Crippen LogP contribution in [0, 0.1) is 5.92 Å². The van der Waals surface area contributed by atoms with Crippen LogP contribution in [0.4, 0.5) is 0 Å². The average molecular weight is 375 g/mol. The van der Waals surface area contributed by atoms with Crippen LogP contribution in [0.15, 0.2) is 18.2 Å². The zero-order valence-electron chi connectivity index (χ0n) is 16.6. The molecule has 0 aromatic heterocycles. The average Bonchev–Trinajstić information content (AvgIpc) is 2.97. The Kier molecular flexibility index (Phi) is 5.89. The summed E-state index contributed by atoms with van der Waals surface area (Å²) in [5.74, 6) is 1.50. The Morgan fingerprint density at radius 1 is 1.11 bits per heavy atom. The van der Waals surface area contributed by atoms with Crippen molar-refractivity contribution in [2.24, 2.45) is 5.92 Å². The van der Waals surface area contributed by atoms with Crippen molar-refractivity contribution >= 4 is 11.8 Å². The van der Waals surface area contributed by atoms with Crippen LogP contribution >= 0.6 is 0 Å². The van der Waals surface area contributed by atoms with Crippen LogP contribution in [0.5, 0.6) is 11.5 Å². The van der Waals surface area contributed by atoms with Gasteiger partial charge in [0.2, 0.25) is 5.91 Å². The van der Waals surface area contributed by atoms with E-state index >= 15 is 0 Å². The van der Waals surface area contributed by atoms with Crippen molar-refractivity contribution in [3.05, 3.63) is 23.8 Å². The normalized spacial score (nSPS) is 22.3. The molecule has 0 radical (unpaired) electrons. The number of para-hydroxylation sites is 1. The van der Waals surface area contributed by atoms with Crippen LogP contribution in [-0.2, 0) is 4.79 Å². The van der Waals surface area contributed by atoms with E-state index < -0.39 is 0 Å². The maximum atomic E-state index is 13.3. The number of benzene rings is 1. The van der Waals surface area contributed by atoms with Gasteiger partial charge >= 0.3 is 0 Å². The van der Waals surface area contributed by atoms with E-state index in [9.17, 15) is 9.59 Å². The van der Waals surface area contributed by atoms with Crippen LogP contribution in [0.2, 0.25) is 0 Å². The summed E-state index contributed by atoms with van der Waals surface area (Å²) in [6.07, 6.45) is 2.06. The Hall–Kier alpha value is -2.28. The van der Waals surface area contributed by atoms with E-state index in [1.807, 2.05) is 11.0 Å². The van der Waals surface area contributed by atoms with Crippen molar-refractivity contribution in [2.45, 2.75) is 18.9 Å². The molecule has 1 aromatic rings. The fourth-order valence-corrected chi connectivity index (χ4v) is 4.10. The van der Waals surface area contributed by atoms with Crippen molar-refractivity contribution in [3.8, 4) is 11.5 Å². The second-order valence-corrected chi connectivity index (χ2v) is 7.58. The Balaban J connectivity index is 1.80. The van der Waals surface area contributed by atoms with Crippen molar-refractivity contribution in [2.75, 3.05) is 54.5 Å². The Labute approximate surface area is 160 Å². The smallest absolute Gasteiger partial charge is 0.258 e. The minimum Gasteiger partial charge on any atom is -0.493 e. The molecule has 2 bridgehead atoms. The number of fused-ring (bicyclic) bond motifs is 4. The molecule has 0 N–H and O–H groups in total. The van der Waals surface area contributed by atoms with Gasteiger partial charge in [-0.2, -0.15) is 0 Å². The molecule has 3 saturated heterocycles. The van der Waals surface area contributed by atoms with Gasteiger partial charge in [-0.3, -0.25) is 14.5 Å². The molecule has 3 aliphatic heterocycles. The van der Waals surface area contributed by atoms with Crippen molar-refractivity contribution in [3.63, 3.8) is 0 Å². The lowest BCUT2D eigenvalue weighted by Gasteiger charge is -2.36. The predicted octanol–water partition coefficient (Wildman–Crippen LogP) is 1.33. The summed E-state index contributed by atoms with van der Waals surface area (Å²) >= 11 is 0. The highest BCUT2D eigenvalue weighted by atomic mass is 16.5. The fourth-order valence-electron chi connectivity index (χ4n) is 4.10. The fraction of sp³-hybridized carbons (Fsp3) is 0.600. The van der Waals surface area contributed by atoms with E-state index in [4.69, 9.17) is 9.47 Å². The number of amides is 2. The summed E-state index contributed by atoms with van der Waals surface area (Å²) in [6.45, 7) is 2.71. The maximum absolute atomic E-state index is 13.3. The van der Waals surface area contributed by atoms with Gasteiger partial charge in [-0.1, -0.05) is 6.07 Å². The number of ether oxygens (including phenoxy) is 2. The Bertz CT molecular complexity index is 706. The molecule has 3 heterocycles. The van der Waals surface area contributed by atoms with E-state index in [0.717, 1.165) is 32.5 Å². The number of carbonyl (C=O) groups is 2. The molecule has 3 fully saturated rings. The first-order valence-corrected chi connectivity index (χ1v) is 9.39. The van der Waals surface area contributed by atoms with Gasteiger partial charge in [-0.05, 0) is 30.9 Å². The minimum atomic E-state index is -0.0266. The first-order valence-electron chi connectivity index (χ1n) is 9.39. The number of carbonyl (C=O) groups excluding carboxylic acids is 2. The third-order valence-electron chi connectivity index (χ3n) is 5.54. The number of methoxy groups -OCH3 is 2. The van der Waals surface area contributed by atoms with Crippen LogP contribution in [0.3, 0.4) is 0 Å². The molecule has 0 aliphatic carbocycles. The largest absolute Gasteiger partial charge is 0.493 e. The second-order valence-electron chi connectivity index (χ2n) is 7.58. The molecule has 7 heteroatoms. The standard InChI is InChI=1S/C20H29N3O4/c1-21(2)18(24)13-22-10-14-8-9-15(12-22)23(11-14)20(25)16-6-5-7-17(26-3)19(16)27-4/h5-7,14-15H,8-13H2,1-4H3/t14-,15+/m1/s1. The number of hydrogen-bond acceptors (Lipinski definition) is 5. The molecule has 2 atom stereocenters. The summed E-state index contributed by atoms with van der Waals surface area (Å²) < 4.78 is 10.8. The minimum absolute atomic E-state index is 0.0266. The molecule has 3 aliphatic rings. The highest BCUT2D eigenvalue weighted by Crippen LogP contribution is 2.34. The van der Waals surface area contributed by atoms with Gasteiger partial charge in [-0.25, -0.2) is 0 Å². The Morgan fingerprint density at radius 3 is 2.56 bits per heavy atom. The summed E-state index contributed by atoms with van der Waals surface area (Å²) in [6, 6.07) is 5.50. The van der Waals surface area contributed by atoms with E-state index in [0.29, 0.717) is 29.5 Å². The number of nitrogens with zero attached hydrogens (tertiary/aromatic N) is 3. The molecule has 148 valence electrons.